The summed E-state index contributed by atoms with van der Waals surface area (Å²) >= 11 is 5.99. The van der Waals surface area contributed by atoms with Crippen LogP contribution in [0.15, 0.2) is 48.0 Å². The van der Waals surface area contributed by atoms with E-state index in [0.717, 1.165) is 30.8 Å². The molecule has 1 aliphatic rings. The van der Waals surface area contributed by atoms with Crippen molar-refractivity contribution in [3.8, 4) is 11.1 Å². The molecule has 2 aromatic rings. The second-order valence-corrected chi connectivity index (χ2v) is 6.90. The molecule has 4 heteroatoms. The molecule has 0 bridgehead atoms. The highest BCUT2D eigenvalue weighted by Gasteiger charge is 2.13. The Morgan fingerprint density at radius 3 is 2.56 bits per heavy atom. The first kappa shape index (κ1) is 17.8. The maximum atomic E-state index is 14.4. The van der Waals surface area contributed by atoms with Gasteiger partial charge < -0.3 is 0 Å². The molecule has 1 heterocycles. The maximum Gasteiger partial charge on any atom is 0.131 e. The molecule has 130 valence electrons. The molecule has 2 nitrogen and oxygen atoms in total. The zero-order chi connectivity index (χ0) is 17.8. The number of rotatable bonds is 5. The molecule has 0 unspecified atom stereocenters. The van der Waals surface area contributed by atoms with Gasteiger partial charge in [0, 0.05) is 22.7 Å². The maximum absolute atomic E-state index is 14.4. The number of hydrogen-bond acceptors (Lipinski definition) is 2. The second-order valence-electron chi connectivity index (χ2n) is 6.45. The van der Waals surface area contributed by atoms with Crippen LogP contribution in [0.25, 0.3) is 16.2 Å². The Hall–Kier alpha value is -1.97. The van der Waals surface area contributed by atoms with Crippen LogP contribution in [0, 0.1) is 5.82 Å². The van der Waals surface area contributed by atoms with E-state index in [0.29, 0.717) is 21.8 Å². The quantitative estimate of drug-likeness (QED) is 0.598. The van der Waals surface area contributed by atoms with Crippen molar-refractivity contribution < 1.29 is 4.39 Å². The first-order valence-electron chi connectivity index (χ1n) is 8.55. The van der Waals surface area contributed by atoms with Crippen LogP contribution in [0.3, 0.4) is 0 Å². The molecule has 0 radical (unpaired) electrons. The number of nitrogens with zero attached hydrogens (tertiary/aromatic N) is 2. The molecule has 0 saturated carbocycles. The summed E-state index contributed by atoms with van der Waals surface area (Å²) in [5, 5.41) is 0.397. The van der Waals surface area contributed by atoms with Gasteiger partial charge in [0.2, 0.25) is 0 Å². The highest BCUT2D eigenvalue weighted by atomic mass is 35.5. The lowest BCUT2D eigenvalue weighted by Crippen LogP contribution is -2.29. The first-order valence-corrected chi connectivity index (χ1v) is 8.93. The Kier molecular flexibility index (Phi) is 5.67. The van der Waals surface area contributed by atoms with Crippen LogP contribution in [-0.2, 0) is 6.54 Å². The monoisotopic (exact) mass is 356 g/mol. The van der Waals surface area contributed by atoms with Crippen molar-refractivity contribution in [1.29, 1.82) is 0 Å². The molecule has 0 aliphatic carbocycles. The molecular weight excluding hydrogens is 335 g/mol. The Balaban J connectivity index is 1.92. The summed E-state index contributed by atoms with van der Waals surface area (Å²) in [4.78, 5) is 6.43. The van der Waals surface area contributed by atoms with Crippen molar-refractivity contribution in [2.24, 2.45) is 4.99 Å². The third kappa shape index (κ3) is 4.17. The number of aliphatic imine (C=N–C) groups is 1. The molecular formula is C21H22ClFN2. The van der Waals surface area contributed by atoms with Crippen molar-refractivity contribution in [3.05, 3.63) is 59.9 Å². The van der Waals surface area contributed by atoms with E-state index in [2.05, 4.69) is 23.2 Å². The average Bonchev–Trinajstić information content (AvgIpc) is 2.63. The van der Waals surface area contributed by atoms with E-state index in [9.17, 15) is 4.39 Å². The first-order chi connectivity index (χ1) is 12.1. The van der Waals surface area contributed by atoms with E-state index in [4.69, 9.17) is 11.6 Å². The predicted molar refractivity (Wildman–Crippen MR) is 105 cm³/mol. The van der Waals surface area contributed by atoms with E-state index >= 15 is 0 Å². The topological polar surface area (TPSA) is 15.6 Å². The van der Waals surface area contributed by atoms with Crippen LogP contribution in [0.2, 0.25) is 0 Å². The standard InChI is InChI=1S/C21H22ClFN2/c1-15(22)18-8-7-17(13-21(18)24-2)19-12-16(6-9-20(19)23)14-25-10-4-3-5-11-25/h6-9,12-13H,1-5,10-11,14H2. The van der Waals surface area contributed by atoms with Gasteiger partial charge in [-0.1, -0.05) is 42.8 Å². The molecule has 0 N–H and O–H groups in total. The Labute approximate surface area is 153 Å². The van der Waals surface area contributed by atoms with Gasteiger partial charge in [-0.3, -0.25) is 9.89 Å². The highest BCUT2D eigenvalue weighted by Crippen LogP contribution is 2.34. The van der Waals surface area contributed by atoms with Gasteiger partial charge in [0.1, 0.15) is 5.82 Å². The number of halogens is 2. The van der Waals surface area contributed by atoms with Crippen LogP contribution in [0.4, 0.5) is 10.1 Å². The number of hydrogen-bond donors (Lipinski definition) is 0. The molecule has 0 spiro atoms. The fourth-order valence-electron chi connectivity index (χ4n) is 3.33. The van der Waals surface area contributed by atoms with Crippen molar-refractivity contribution in [2.45, 2.75) is 25.8 Å². The van der Waals surface area contributed by atoms with Crippen molar-refractivity contribution >= 4 is 29.0 Å². The van der Waals surface area contributed by atoms with Gasteiger partial charge >= 0.3 is 0 Å². The lowest BCUT2D eigenvalue weighted by atomic mass is 9.99. The molecule has 1 fully saturated rings. The van der Waals surface area contributed by atoms with Gasteiger partial charge in [-0.2, -0.15) is 0 Å². The van der Waals surface area contributed by atoms with E-state index < -0.39 is 0 Å². The highest BCUT2D eigenvalue weighted by molar-refractivity contribution is 6.48. The van der Waals surface area contributed by atoms with E-state index in [1.54, 1.807) is 12.1 Å². The van der Waals surface area contributed by atoms with Crippen LogP contribution in [0.1, 0.15) is 30.4 Å². The third-order valence-electron chi connectivity index (χ3n) is 4.66. The van der Waals surface area contributed by atoms with E-state index in [-0.39, 0.29) is 5.82 Å². The summed E-state index contributed by atoms with van der Waals surface area (Å²) < 4.78 is 14.4. The summed E-state index contributed by atoms with van der Waals surface area (Å²) in [5.41, 5.74) is 3.79. The van der Waals surface area contributed by atoms with Gasteiger partial charge in [0.25, 0.3) is 0 Å². The molecule has 0 amide bonds. The van der Waals surface area contributed by atoms with Crippen molar-refractivity contribution in [2.75, 3.05) is 13.1 Å². The molecule has 1 aliphatic heterocycles. The molecule has 0 aromatic heterocycles. The van der Waals surface area contributed by atoms with Gasteiger partial charge in [-0.25, -0.2) is 4.39 Å². The fraction of sp³-hybridized carbons (Fsp3) is 0.286. The van der Waals surface area contributed by atoms with Gasteiger partial charge in [-0.15, -0.1) is 0 Å². The zero-order valence-electron chi connectivity index (χ0n) is 14.3. The fourth-order valence-corrected chi connectivity index (χ4v) is 3.49. The van der Waals surface area contributed by atoms with Crippen LogP contribution < -0.4 is 0 Å². The van der Waals surface area contributed by atoms with Crippen molar-refractivity contribution in [1.82, 2.24) is 4.90 Å². The van der Waals surface area contributed by atoms with Crippen LogP contribution >= 0.6 is 11.6 Å². The SMILES string of the molecule is C=Nc1cc(-c2cc(CN3CCCCC3)ccc2F)ccc1C(=C)Cl. The Morgan fingerprint density at radius 1 is 1.12 bits per heavy atom. The van der Waals surface area contributed by atoms with E-state index in [1.165, 1.54) is 19.3 Å². The summed E-state index contributed by atoms with van der Waals surface area (Å²) in [6.07, 6.45) is 3.79. The number of likely N-dealkylation sites (tertiary alicyclic amines) is 1. The van der Waals surface area contributed by atoms with Crippen LogP contribution in [-0.4, -0.2) is 24.7 Å². The second kappa shape index (κ2) is 7.94. The molecule has 25 heavy (non-hydrogen) atoms. The van der Waals surface area contributed by atoms with Crippen LogP contribution in [0.5, 0.6) is 0 Å². The molecule has 3 rings (SSSR count). The van der Waals surface area contributed by atoms with E-state index in [1.807, 2.05) is 24.3 Å². The zero-order valence-corrected chi connectivity index (χ0v) is 15.0. The Bertz CT molecular complexity index is 794. The smallest absolute Gasteiger partial charge is 0.131 e. The summed E-state index contributed by atoms with van der Waals surface area (Å²) in [7, 11) is 0. The summed E-state index contributed by atoms with van der Waals surface area (Å²) in [6.45, 7) is 10.4. The Morgan fingerprint density at radius 2 is 1.88 bits per heavy atom. The largest absolute Gasteiger partial charge is 0.299 e. The predicted octanol–water partition coefficient (Wildman–Crippen LogP) is 6.02. The lowest BCUT2D eigenvalue weighted by molar-refractivity contribution is 0.221. The lowest BCUT2D eigenvalue weighted by Gasteiger charge is -2.26. The van der Waals surface area contributed by atoms with Gasteiger partial charge in [0.05, 0.1) is 5.69 Å². The minimum absolute atomic E-state index is 0.241. The summed E-state index contributed by atoms with van der Waals surface area (Å²) in [6, 6.07) is 10.8. The number of benzene rings is 2. The minimum atomic E-state index is -0.241. The van der Waals surface area contributed by atoms with Gasteiger partial charge in [0.15, 0.2) is 0 Å². The minimum Gasteiger partial charge on any atom is -0.299 e. The number of piperidine rings is 1. The molecule has 2 aromatic carbocycles. The van der Waals surface area contributed by atoms with Gasteiger partial charge in [-0.05, 0) is 62.0 Å². The summed E-state index contributed by atoms with van der Waals surface area (Å²) in [5.74, 6) is -0.241. The molecule has 0 atom stereocenters. The van der Waals surface area contributed by atoms with Crippen molar-refractivity contribution in [3.63, 3.8) is 0 Å². The normalized spacial score (nSPS) is 15.1. The average molecular weight is 357 g/mol. The third-order valence-corrected chi connectivity index (χ3v) is 4.86. The molecule has 1 saturated heterocycles.